The number of hydrogen-bond donors (Lipinski definition) is 1. The van der Waals surface area contributed by atoms with Gasteiger partial charge in [0.25, 0.3) is 5.91 Å². The van der Waals surface area contributed by atoms with E-state index in [0.717, 1.165) is 0 Å². The average Bonchev–Trinajstić information content (AvgIpc) is 3.31. The topological polar surface area (TPSA) is 109 Å². The van der Waals surface area contributed by atoms with E-state index in [-0.39, 0.29) is 5.69 Å². The lowest BCUT2D eigenvalue weighted by Crippen LogP contribution is -2.14. The molecule has 0 unspecified atom stereocenters. The molecule has 4 aromatic heterocycles. The lowest BCUT2D eigenvalue weighted by molar-refractivity contribution is 0.0996. The normalized spacial score (nSPS) is 11.5. The summed E-state index contributed by atoms with van der Waals surface area (Å²) in [5.74, 6) is -0.585. The molecular weight excluding hydrogens is 363 g/mol. The third-order valence-corrected chi connectivity index (χ3v) is 4.68. The van der Waals surface area contributed by atoms with Gasteiger partial charge in [0, 0.05) is 32.2 Å². The Bertz CT molecular complexity index is 1230. The van der Waals surface area contributed by atoms with Crippen LogP contribution in [0.1, 0.15) is 23.1 Å². The number of halogens is 1. The highest BCUT2D eigenvalue weighted by atomic mass is 19.1. The van der Waals surface area contributed by atoms with Crippen molar-refractivity contribution in [3.05, 3.63) is 35.7 Å². The quantitative estimate of drug-likeness (QED) is 0.579. The van der Waals surface area contributed by atoms with Crippen molar-refractivity contribution in [1.82, 2.24) is 34.1 Å². The lowest BCUT2D eigenvalue weighted by Gasteiger charge is -2.05. The maximum atomic E-state index is 14.6. The van der Waals surface area contributed by atoms with Gasteiger partial charge in [-0.3, -0.25) is 14.2 Å². The van der Waals surface area contributed by atoms with Crippen molar-refractivity contribution >= 4 is 16.8 Å². The Hall–Kier alpha value is -3.56. The second-order valence-electron chi connectivity index (χ2n) is 6.55. The molecule has 0 aliphatic heterocycles. The summed E-state index contributed by atoms with van der Waals surface area (Å²) in [6.45, 7) is 4.01. The van der Waals surface area contributed by atoms with Gasteiger partial charge in [0.05, 0.1) is 17.4 Å². The highest BCUT2D eigenvalue weighted by Gasteiger charge is 2.23. The number of aryl methyl sites for hydroxylation is 4. The minimum Gasteiger partial charge on any atom is -0.364 e. The second-order valence-corrected chi connectivity index (χ2v) is 6.55. The molecule has 0 radical (unpaired) electrons. The number of aromatic nitrogens is 7. The molecule has 0 saturated carbocycles. The minimum atomic E-state index is -0.649. The maximum Gasteiger partial charge on any atom is 0.267 e. The molecule has 4 rings (SSSR count). The third-order valence-electron chi connectivity index (χ3n) is 4.68. The van der Waals surface area contributed by atoms with Crippen LogP contribution in [0, 0.1) is 12.7 Å². The molecule has 0 aliphatic rings. The molecule has 1 amide bonds. The second kappa shape index (κ2) is 6.25. The van der Waals surface area contributed by atoms with Crippen LogP contribution in [0.3, 0.4) is 0 Å². The fraction of sp³-hybridized carbons (Fsp3) is 0.278. The third kappa shape index (κ3) is 2.56. The van der Waals surface area contributed by atoms with E-state index in [9.17, 15) is 9.18 Å². The van der Waals surface area contributed by atoms with Gasteiger partial charge in [0.1, 0.15) is 22.8 Å². The van der Waals surface area contributed by atoms with Crippen LogP contribution < -0.4 is 5.73 Å². The first-order valence-electron chi connectivity index (χ1n) is 8.71. The molecule has 28 heavy (non-hydrogen) atoms. The van der Waals surface area contributed by atoms with Crippen LogP contribution in [0.5, 0.6) is 0 Å². The van der Waals surface area contributed by atoms with Gasteiger partial charge in [-0.2, -0.15) is 10.2 Å². The summed E-state index contributed by atoms with van der Waals surface area (Å²) in [6, 6.07) is 1.59. The summed E-state index contributed by atoms with van der Waals surface area (Å²) < 4.78 is 19.6. The molecule has 0 fully saturated rings. The summed E-state index contributed by atoms with van der Waals surface area (Å²) in [4.78, 5) is 20.7. The van der Waals surface area contributed by atoms with E-state index in [0.29, 0.717) is 46.0 Å². The average molecular weight is 382 g/mol. The zero-order chi connectivity index (χ0) is 20.2. The van der Waals surface area contributed by atoms with E-state index < -0.39 is 11.7 Å². The van der Waals surface area contributed by atoms with Crippen LogP contribution in [0.15, 0.2) is 18.5 Å². The van der Waals surface area contributed by atoms with Crippen LogP contribution in [0.25, 0.3) is 33.8 Å². The van der Waals surface area contributed by atoms with Crippen LogP contribution in [0.2, 0.25) is 0 Å². The Kier molecular flexibility index (Phi) is 3.98. The van der Waals surface area contributed by atoms with Crippen molar-refractivity contribution in [3.63, 3.8) is 0 Å². The van der Waals surface area contributed by atoms with E-state index in [4.69, 9.17) is 5.73 Å². The molecule has 10 heteroatoms. The Labute approximate surface area is 159 Å². The molecule has 2 N–H and O–H groups in total. The number of pyridine rings is 1. The number of fused-ring (bicyclic) bond motifs is 1. The smallest absolute Gasteiger partial charge is 0.267 e. The Morgan fingerprint density at radius 1 is 1.29 bits per heavy atom. The number of primary amides is 1. The van der Waals surface area contributed by atoms with E-state index in [1.807, 2.05) is 6.92 Å². The highest BCUT2D eigenvalue weighted by Crippen LogP contribution is 2.30. The van der Waals surface area contributed by atoms with Crippen molar-refractivity contribution < 1.29 is 9.18 Å². The molecule has 0 aromatic carbocycles. The van der Waals surface area contributed by atoms with Crippen molar-refractivity contribution in [2.75, 3.05) is 0 Å². The Morgan fingerprint density at radius 3 is 2.71 bits per heavy atom. The Morgan fingerprint density at radius 2 is 2.04 bits per heavy atom. The highest BCUT2D eigenvalue weighted by molar-refractivity contribution is 5.99. The van der Waals surface area contributed by atoms with Gasteiger partial charge in [-0.05, 0) is 19.9 Å². The molecule has 4 aromatic rings. The van der Waals surface area contributed by atoms with Gasteiger partial charge in [0.15, 0.2) is 11.6 Å². The first kappa shape index (κ1) is 17.8. The first-order chi connectivity index (χ1) is 13.3. The zero-order valence-electron chi connectivity index (χ0n) is 15.9. The summed E-state index contributed by atoms with van der Waals surface area (Å²) in [6.07, 6.45) is 3.36. The molecule has 144 valence electrons. The number of carbonyl (C=O) groups excluding carboxylic acids is 1. The molecule has 9 nitrogen and oxygen atoms in total. The van der Waals surface area contributed by atoms with Crippen molar-refractivity contribution in [1.29, 1.82) is 0 Å². The number of nitrogens with zero attached hydrogens (tertiary/aromatic N) is 7. The molecule has 0 atom stereocenters. The number of carbonyl (C=O) groups is 1. The molecule has 0 spiro atoms. The van der Waals surface area contributed by atoms with Gasteiger partial charge < -0.3 is 10.3 Å². The van der Waals surface area contributed by atoms with Gasteiger partial charge in [-0.25, -0.2) is 14.4 Å². The molecule has 0 bridgehead atoms. The zero-order valence-corrected chi connectivity index (χ0v) is 15.9. The van der Waals surface area contributed by atoms with E-state index in [1.54, 1.807) is 53.4 Å². The lowest BCUT2D eigenvalue weighted by atomic mass is 10.2. The largest absolute Gasteiger partial charge is 0.364 e. The van der Waals surface area contributed by atoms with Crippen molar-refractivity contribution in [2.45, 2.75) is 20.4 Å². The van der Waals surface area contributed by atoms with Gasteiger partial charge in [0.2, 0.25) is 0 Å². The van der Waals surface area contributed by atoms with E-state index in [1.165, 1.54) is 0 Å². The van der Waals surface area contributed by atoms with Crippen LogP contribution in [0.4, 0.5) is 4.39 Å². The van der Waals surface area contributed by atoms with E-state index in [2.05, 4.69) is 20.2 Å². The predicted octanol–water partition coefficient (Wildman–Crippen LogP) is 1.80. The van der Waals surface area contributed by atoms with Crippen molar-refractivity contribution in [2.24, 2.45) is 19.8 Å². The monoisotopic (exact) mass is 382 g/mol. The fourth-order valence-corrected chi connectivity index (χ4v) is 3.27. The van der Waals surface area contributed by atoms with Gasteiger partial charge in [-0.15, -0.1) is 0 Å². The van der Waals surface area contributed by atoms with Crippen LogP contribution in [-0.4, -0.2) is 40.0 Å². The standard InChI is InChI=1S/C18H19FN8O/c1-5-27-16(14(19)9(2)24-27)12-8-25(3)18(23-12)15-10-7-21-26(4)13(10)6-11(22-15)17(20)28/h6-8H,5H2,1-4H3,(H2,20,28). The van der Waals surface area contributed by atoms with E-state index >= 15 is 0 Å². The molecule has 4 heterocycles. The summed E-state index contributed by atoms with van der Waals surface area (Å²) in [7, 11) is 3.54. The summed E-state index contributed by atoms with van der Waals surface area (Å²) in [5, 5.41) is 9.16. The summed E-state index contributed by atoms with van der Waals surface area (Å²) >= 11 is 0. The number of amides is 1. The molecule has 0 aliphatic carbocycles. The Balaban J connectivity index is 1.97. The van der Waals surface area contributed by atoms with Gasteiger partial charge in [-0.1, -0.05) is 0 Å². The number of hydrogen-bond acceptors (Lipinski definition) is 5. The SMILES string of the molecule is CCn1nc(C)c(F)c1-c1cn(C)c(-c2nc(C(N)=O)cc3c2cnn3C)n1. The molecule has 0 saturated heterocycles. The fourth-order valence-electron chi connectivity index (χ4n) is 3.27. The predicted molar refractivity (Wildman–Crippen MR) is 101 cm³/mol. The maximum absolute atomic E-state index is 14.6. The van der Waals surface area contributed by atoms with Crippen molar-refractivity contribution in [3.8, 4) is 22.9 Å². The van der Waals surface area contributed by atoms with Crippen LogP contribution >= 0.6 is 0 Å². The summed E-state index contributed by atoms with van der Waals surface area (Å²) in [5.41, 5.74) is 7.76. The number of nitrogens with two attached hydrogens (primary N) is 1. The van der Waals surface area contributed by atoms with Crippen LogP contribution in [-0.2, 0) is 20.6 Å². The van der Waals surface area contributed by atoms with Gasteiger partial charge >= 0.3 is 0 Å². The molecular formula is C18H19FN8O. The first-order valence-corrected chi connectivity index (χ1v) is 8.71. The number of imidazole rings is 1. The minimum absolute atomic E-state index is 0.108. The number of rotatable bonds is 4.